The third-order valence-corrected chi connectivity index (χ3v) is 7.27. The van der Waals surface area contributed by atoms with Crippen molar-refractivity contribution in [3.8, 4) is 11.3 Å². The number of hydrogen-bond donors (Lipinski definition) is 1. The Morgan fingerprint density at radius 2 is 1.72 bits per heavy atom. The molecule has 0 radical (unpaired) electrons. The van der Waals surface area contributed by atoms with Crippen LogP contribution in [0.1, 0.15) is 5.76 Å². The van der Waals surface area contributed by atoms with Gasteiger partial charge in [-0.25, -0.2) is 18.2 Å². The minimum Gasteiger partial charge on any atom is -0.455 e. The Labute approximate surface area is 216 Å². The lowest BCUT2D eigenvalue weighted by atomic mass is 10.2. The number of rotatable bonds is 8. The zero-order valence-electron chi connectivity index (χ0n) is 18.4. The van der Waals surface area contributed by atoms with Crippen LogP contribution in [0.3, 0.4) is 0 Å². The van der Waals surface area contributed by atoms with E-state index in [1.54, 1.807) is 48.5 Å². The third-order valence-electron chi connectivity index (χ3n) is 4.94. The fraction of sp³-hybridized carbons (Fsp3) is 0.0400. The van der Waals surface area contributed by atoms with Gasteiger partial charge in [0.05, 0.1) is 21.8 Å². The summed E-state index contributed by atoms with van der Waals surface area (Å²) in [4.78, 5) is 12.6. The second-order valence-corrected chi connectivity index (χ2v) is 10.1. The number of hydrazone groups is 1. The molecule has 184 valence electrons. The summed E-state index contributed by atoms with van der Waals surface area (Å²) in [6.45, 7) is -0.593. The lowest BCUT2D eigenvalue weighted by Gasteiger charge is -2.23. The molecule has 1 heterocycles. The van der Waals surface area contributed by atoms with Crippen molar-refractivity contribution in [1.82, 2.24) is 5.43 Å². The van der Waals surface area contributed by atoms with Gasteiger partial charge in [0, 0.05) is 10.6 Å². The summed E-state index contributed by atoms with van der Waals surface area (Å²) in [5.74, 6) is -0.463. The highest BCUT2D eigenvalue weighted by Crippen LogP contribution is 2.31. The highest BCUT2D eigenvalue weighted by atomic mass is 35.5. The van der Waals surface area contributed by atoms with Gasteiger partial charge in [0.25, 0.3) is 15.9 Å². The molecule has 0 fully saturated rings. The number of hydrogen-bond acceptors (Lipinski definition) is 5. The molecule has 3 aromatic carbocycles. The van der Waals surface area contributed by atoms with Gasteiger partial charge in [-0.3, -0.25) is 9.10 Å². The SMILES string of the molecule is O=C(CN(c1ccc(F)cc1)S(=O)(=O)c1ccccc1)N/N=C/c1ccc(-c2ccc(Cl)cc2Cl)o1. The zero-order chi connectivity index (χ0) is 25.7. The van der Waals surface area contributed by atoms with Gasteiger partial charge in [-0.1, -0.05) is 41.4 Å². The van der Waals surface area contributed by atoms with E-state index in [0.29, 0.717) is 27.1 Å². The number of anilines is 1. The number of benzene rings is 3. The summed E-state index contributed by atoms with van der Waals surface area (Å²) in [7, 11) is -4.12. The Balaban J connectivity index is 1.49. The molecule has 7 nitrogen and oxygen atoms in total. The van der Waals surface area contributed by atoms with Gasteiger partial charge < -0.3 is 4.42 Å². The van der Waals surface area contributed by atoms with Gasteiger partial charge in [-0.05, 0) is 66.7 Å². The number of amides is 1. The lowest BCUT2D eigenvalue weighted by Crippen LogP contribution is -2.39. The molecule has 1 amide bonds. The van der Waals surface area contributed by atoms with Gasteiger partial charge in [-0.2, -0.15) is 5.10 Å². The van der Waals surface area contributed by atoms with Gasteiger partial charge in [0.1, 0.15) is 23.9 Å². The van der Waals surface area contributed by atoms with Crippen molar-refractivity contribution in [2.24, 2.45) is 5.10 Å². The molecule has 0 spiro atoms. The van der Waals surface area contributed by atoms with Gasteiger partial charge in [0.15, 0.2) is 0 Å². The number of halogens is 3. The molecule has 1 N–H and O–H groups in total. The molecule has 0 bridgehead atoms. The second kappa shape index (κ2) is 10.9. The van der Waals surface area contributed by atoms with E-state index in [9.17, 15) is 17.6 Å². The van der Waals surface area contributed by atoms with Crippen molar-refractivity contribution in [3.63, 3.8) is 0 Å². The van der Waals surface area contributed by atoms with Crippen LogP contribution >= 0.6 is 23.2 Å². The Morgan fingerprint density at radius 3 is 2.42 bits per heavy atom. The quantitative estimate of drug-likeness (QED) is 0.226. The van der Waals surface area contributed by atoms with E-state index in [2.05, 4.69) is 10.5 Å². The smallest absolute Gasteiger partial charge is 0.264 e. The molecule has 0 atom stereocenters. The van der Waals surface area contributed by atoms with E-state index < -0.39 is 28.3 Å². The normalized spacial score (nSPS) is 11.5. The first-order chi connectivity index (χ1) is 17.2. The molecule has 4 aromatic rings. The molecule has 0 unspecified atom stereocenters. The molecule has 0 aliphatic rings. The van der Waals surface area contributed by atoms with Crippen molar-refractivity contribution < 1.29 is 22.0 Å². The van der Waals surface area contributed by atoms with Crippen LogP contribution in [0, 0.1) is 5.82 Å². The van der Waals surface area contributed by atoms with Crippen molar-refractivity contribution >= 4 is 51.0 Å². The van der Waals surface area contributed by atoms with E-state index >= 15 is 0 Å². The molecule has 0 aliphatic carbocycles. The summed E-state index contributed by atoms with van der Waals surface area (Å²) in [6, 6.07) is 20.7. The van der Waals surface area contributed by atoms with Crippen molar-refractivity contribution in [1.29, 1.82) is 0 Å². The van der Waals surface area contributed by atoms with Crippen molar-refractivity contribution in [2.45, 2.75) is 4.90 Å². The van der Waals surface area contributed by atoms with Crippen LogP contribution in [0.5, 0.6) is 0 Å². The topological polar surface area (TPSA) is 92.0 Å². The summed E-state index contributed by atoms with van der Waals surface area (Å²) in [5, 5.41) is 4.75. The standard InChI is InChI=1S/C25H18Cl2FN3O4S/c26-17-6-12-22(23(27)14-17)24-13-11-20(35-24)15-29-30-25(32)16-31(19-9-7-18(28)8-10-19)36(33,34)21-4-2-1-3-5-21/h1-15H,16H2,(H,30,32)/b29-15+. The highest BCUT2D eigenvalue weighted by molar-refractivity contribution is 7.92. The molecule has 1 aromatic heterocycles. The molecule has 36 heavy (non-hydrogen) atoms. The Kier molecular flexibility index (Phi) is 7.73. The molecular formula is C25H18Cl2FN3O4S. The molecule has 0 aliphatic heterocycles. The van der Waals surface area contributed by atoms with Gasteiger partial charge in [-0.15, -0.1) is 0 Å². The lowest BCUT2D eigenvalue weighted by molar-refractivity contribution is -0.119. The third kappa shape index (κ3) is 5.93. The average Bonchev–Trinajstić information content (AvgIpc) is 3.32. The number of nitrogens with one attached hydrogen (secondary N) is 1. The van der Waals surface area contributed by atoms with Crippen LogP contribution < -0.4 is 9.73 Å². The van der Waals surface area contributed by atoms with Crippen LogP contribution in [0.2, 0.25) is 10.0 Å². The fourth-order valence-electron chi connectivity index (χ4n) is 3.23. The van der Waals surface area contributed by atoms with E-state index in [0.717, 1.165) is 16.4 Å². The minimum atomic E-state index is -4.12. The van der Waals surface area contributed by atoms with Gasteiger partial charge >= 0.3 is 0 Å². The van der Waals surface area contributed by atoms with Crippen molar-refractivity contribution in [2.75, 3.05) is 10.8 Å². The van der Waals surface area contributed by atoms with Crippen LogP contribution in [0.4, 0.5) is 10.1 Å². The largest absolute Gasteiger partial charge is 0.455 e. The van der Waals surface area contributed by atoms with Gasteiger partial charge in [0.2, 0.25) is 0 Å². The Bertz CT molecular complexity index is 1510. The second-order valence-electron chi connectivity index (χ2n) is 7.42. The van der Waals surface area contributed by atoms with E-state index in [-0.39, 0.29) is 10.6 Å². The Morgan fingerprint density at radius 1 is 1.00 bits per heavy atom. The number of sulfonamides is 1. The maximum atomic E-state index is 13.4. The van der Waals surface area contributed by atoms with Crippen LogP contribution in [-0.2, 0) is 14.8 Å². The summed E-state index contributed by atoms with van der Waals surface area (Å²) in [5.41, 5.74) is 3.03. The molecule has 0 saturated carbocycles. The minimum absolute atomic E-state index is 0.0189. The van der Waals surface area contributed by atoms with Crippen LogP contribution in [-0.4, -0.2) is 27.1 Å². The first-order valence-electron chi connectivity index (χ1n) is 10.4. The van der Waals surface area contributed by atoms with E-state index in [1.807, 2.05) is 0 Å². The fourth-order valence-corrected chi connectivity index (χ4v) is 5.18. The predicted molar refractivity (Wildman–Crippen MR) is 137 cm³/mol. The molecule has 11 heteroatoms. The molecule has 4 rings (SSSR count). The maximum absolute atomic E-state index is 13.4. The number of carbonyl (C=O) groups excluding carboxylic acids is 1. The predicted octanol–water partition coefficient (Wildman–Crippen LogP) is 5.74. The zero-order valence-corrected chi connectivity index (χ0v) is 20.8. The molecule has 0 saturated heterocycles. The van der Waals surface area contributed by atoms with Crippen LogP contribution in [0.15, 0.2) is 99.3 Å². The van der Waals surface area contributed by atoms with Crippen molar-refractivity contribution in [3.05, 3.63) is 107 Å². The number of nitrogens with zero attached hydrogens (tertiary/aromatic N) is 2. The maximum Gasteiger partial charge on any atom is 0.264 e. The monoisotopic (exact) mass is 545 g/mol. The number of carbonyl (C=O) groups is 1. The number of furan rings is 1. The Hall–Kier alpha value is -3.66. The molecular weight excluding hydrogens is 528 g/mol. The van der Waals surface area contributed by atoms with Crippen LogP contribution in [0.25, 0.3) is 11.3 Å². The summed E-state index contributed by atoms with van der Waals surface area (Å²) >= 11 is 12.1. The first kappa shape index (κ1) is 25.4. The van der Waals surface area contributed by atoms with E-state index in [1.165, 1.54) is 30.5 Å². The van der Waals surface area contributed by atoms with E-state index in [4.69, 9.17) is 27.6 Å². The average molecular weight is 546 g/mol. The summed E-state index contributed by atoms with van der Waals surface area (Å²) in [6.07, 6.45) is 1.26. The first-order valence-corrected chi connectivity index (χ1v) is 12.6. The highest BCUT2D eigenvalue weighted by Gasteiger charge is 2.27. The summed E-state index contributed by atoms with van der Waals surface area (Å²) < 4.78 is 46.4.